The Bertz CT molecular complexity index is 436. The minimum Gasteiger partial charge on any atom is -0.444 e. The van der Waals surface area contributed by atoms with Crippen molar-refractivity contribution in [1.82, 2.24) is 5.32 Å². The number of nitrogens with one attached hydrogen (secondary N) is 1. The van der Waals surface area contributed by atoms with Crippen molar-refractivity contribution >= 4 is 23.9 Å². The van der Waals surface area contributed by atoms with Crippen LogP contribution in [0.5, 0.6) is 0 Å². The molecule has 0 saturated carbocycles. The van der Waals surface area contributed by atoms with Crippen LogP contribution >= 0.6 is 11.6 Å². The lowest BCUT2D eigenvalue weighted by atomic mass is 10.2. The Labute approximate surface area is 118 Å². The molecule has 0 aliphatic rings. The number of ether oxygens (including phenoxy) is 1. The van der Waals surface area contributed by atoms with E-state index < -0.39 is 11.7 Å². The van der Waals surface area contributed by atoms with Gasteiger partial charge in [0.1, 0.15) is 5.60 Å². The van der Waals surface area contributed by atoms with Crippen LogP contribution in [-0.4, -0.2) is 31.0 Å². The first-order valence-electron chi connectivity index (χ1n) is 6.09. The highest BCUT2D eigenvalue weighted by molar-refractivity contribution is 6.30. The van der Waals surface area contributed by atoms with Crippen LogP contribution < -0.4 is 5.32 Å². The zero-order valence-corrected chi connectivity index (χ0v) is 12.2. The van der Waals surface area contributed by atoms with E-state index in [0.29, 0.717) is 18.1 Å². The number of alkyl carbamates (subject to hydrolysis) is 1. The summed E-state index contributed by atoms with van der Waals surface area (Å²) in [5.41, 5.74) is 0.498. The minimum absolute atomic E-state index is 0.422. The van der Waals surface area contributed by atoms with Gasteiger partial charge in [-0.15, -0.1) is 0 Å². The van der Waals surface area contributed by atoms with E-state index in [1.165, 1.54) is 0 Å². The predicted octanol–water partition coefficient (Wildman–Crippen LogP) is 3.28. The zero-order chi connectivity index (χ0) is 14.3. The van der Waals surface area contributed by atoms with E-state index in [-0.39, 0.29) is 0 Å². The van der Waals surface area contributed by atoms with E-state index in [1.54, 1.807) is 6.21 Å². The third-order valence-electron chi connectivity index (χ3n) is 2.02. The molecular weight excluding hydrogens is 264 g/mol. The first-order valence-corrected chi connectivity index (χ1v) is 6.47. The molecule has 104 valence electrons. The maximum atomic E-state index is 11.3. The number of carbonyl (C=O) groups excluding carboxylic acids is 1. The fourth-order valence-electron chi connectivity index (χ4n) is 1.26. The third kappa shape index (κ3) is 7.47. The van der Waals surface area contributed by atoms with E-state index in [2.05, 4.69) is 10.3 Å². The van der Waals surface area contributed by atoms with Crippen LogP contribution in [0.15, 0.2) is 29.3 Å². The average Bonchev–Trinajstić information content (AvgIpc) is 2.29. The lowest BCUT2D eigenvalue weighted by Crippen LogP contribution is -2.33. The van der Waals surface area contributed by atoms with Crippen LogP contribution in [0.3, 0.4) is 0 Å². The van der Waals surface area contributed by atoms with Crippen LogP contribution in [0.4, 0.5) is 4.79 Å². The van der Waals surface area contributed by atoms with Gasteiger partial charge in [-0.05, 0) is 38.5 Å². The molecule has 19 heavy (non-hydrogen) atoms. The molecule has 1 amide bonds. The topological polar surface area (TPSA) is 50.7 Å². The molecular formula is C14H19ClN2O2. The molecule has 0 fully saturated rings. The molecule has 0 aliphatic carbocycles. The largest absolute Gasteiger partial charge is 0.444 e. The normalized spacial score (nSPS) is 11.6. The van der Waals surface area contributed by atoms with Gasteiger partial charge in [-0.1, -0.05) is 23.7 Å². The second-order valence-electron chi connectivity index (χ2n) is 5.02. The van der Waals surface area contributed by atoms with Gasteiger partial charge in [0.15, 0.2) is 0 Å². The summed E-state index contributed by atoms with van der Waals surface area (Å²) < 4.78 is 5.10. The molecule has 0 spiro atoms. The Hall–Kier alpha value is -1.55. The van der Waals surface area contributed by atoms with E-state index in [4.69, 9.17) is 16.3 Å². The number of benzene rings is 1. The van der Waals surface area contributed by atoms with Crippen molar-refractivity contribution < 1.29 is 9.53 Å². The van der Waals surface area contributed by atoms with Crippen molar-refractivity contribution in [2.45, 2.75) is 26.4 Å². The molecule has 0 heterocycles. The first kappa shape index (κ1) is 15.5. The molecule has 0 atom stereocenters. The van der Waals surface area contributed by atoms with Crippen molar-refractivity contribution in [1.29, 1.82) is 0 Å². The number of hydrogen-bond donors (Lipinski definition) is 1. The maximum Gasteiger partial charge on any atom is 0.407 e. The SMILES string of the molecule is CC(C)(C)OC(=O)NCCN=Cc1ccc(Cl)cc1. The van der Waals surface area contributed by atoms with Crippen LogP contribution in [0.2, 0.25) is 5.02 Å². The van der Waals surface area contributed by atoms with Gasteiger partial charge in [-0.2, -0.15) is 0 Å². The summed E-state index contributed by atoms with van der Waals surface area (Å²) in [7, 11) is 0. The molecule has 5 heteroatoms. The number of hydrogen-bond acceptors (Lipinski definition) is 3. The lowest BCUT2D eigenvalue weighted by molar-refractivity contribution is 0.0529. The summed E-state index contributed by atoms with van der Waals surface area (Å²) in [6, 6.07) is 7.38. The highest BCUT2D eigenvalue weighted by atomic mass is 35.5. The van der Waals surface area contributed by atoms with Crippen molar-refractivity contribution in [2.75, 3.05) is 13.1 Å². The van der Waals surface area contributed by atoms with Gasteiger partial charge >= 0.3 is 6.09 Å². The van der Waals surface area contributed by atoms with Crippen molar-refractivity contribution in [3.63, 3.8) is 0 Å². The smallest absolute Gasteiger partial charge is 0.407 e. The van der Waals surface area contributed by atoms with Gasteiger partial charge in [0, 0.05) is 17.8 Å². The first-order chi connectivity index (χ1) is 8.87. The van der Waals surface area contributed by atoms with Crippen LogP contribution in [0.25, 0.3) is 0 Å². The lowest BCUT2D eigenvalue weighted by Gasteiger charge is -2.19. The number of aliphatic imine (C=N–C) groups is 1. The van der Waals surface area contributed by atoms with E-state index in [9.17, 15) is 4.79 Å². The second kappa shape index (κ2) is 7.14. The highest BCUT2D eigenvalue weighted by Crippen LogP contribution is 2.08. The summed E-state index contributed by atoms with van der Waals surface area (Å²) in [5, 5.41) is 3.34. The Kier molecular flexibility index (Phi) is 5.83. The van der Waals surface area contributed by atoms with Crippen molar-refractivity contribution in [3.05, 3.63) is 34.9 Å². The molecule has 1 aromatic carbocycles. The number of nitrogens with zero attached hydrogens (tertiary/aromatic N) is 1. The summed E-state index contributed by atoms with van der Waals surface area (Å²) in [6.45, 7) is 6.42. The summed E-state index contributed by atoms with van der Waals surface area (Å²) >= 11 is 5.78. The number of rotatable bonds is 4. The molecule has 0 saturated heterocycles. The summed E-state index contributed by atoms with van der Waals surface area (Å²) in [5.74, 6) is 0. The molecule has 1 N–H and O–H groups in total. The molecule has 0 bridgehead atoms. The Morgan fingerprint density at radius 3 is 2.58 bits per heavy atom. The van der Waals surface area contributed by atoms with E-state index in [1.807, 2.05) is 45.0 Å². The molecule has 0 aromatic heterocycles. The van der Waals surface area contributed by atoms with Gasteiger partial charge in [0.25, 0.3) is 0 Å². The van der Waals surface area contributed by atoms with E-state index in [0.717, 1.165) is 5.56 Å². The molecule has 0 radical (unpaired) electrons. The Morgan fingerprint density at radius 2 is 2.00 bits per heavy atom. The van der Waals surface area contributed by atoms with Crippen LogP contribution in [0.1, 0.15) is 26.3 Å². The Morgan fingerprint density at radius 1 is 1.37 bits per heavy atom. The molecule has 1 aromatic rings. The maximum absolute atomic E-state index is 11.3. The Balaban J connectivity index is 2.24. The van der Waals surface area contributed by atoms with E-state index >= 15 is 0 Å². The number of amides is 1. The fourth-order valence-corrected chi connectivity index (χ4v) is 1.38. The van der Waals surface area contributed by atoms with Crippen molar-refractivity contribution in [3.8, 4) is 0 Å². The fraction of sp³-hybridized carbons (Fsp3) is 0.429. The van der Waals surface area contributed by atoms with Gasteiger partial charge in [-0.3, -0.25) is 4.99 Å². The minimum atomic E-state index is -0.476. The second-order valence-corrected chi connectivity index (χ2v) is 5.45. The zero-order valence-electron chi connectivity index (χ0n) is 11.4. The van der Waals surface area contributed by atoms with Crippen LogP contribution in [-0.2, 0) is 4.74 Å². The standard InChI is InChI=1S/C14H19ClN2O2/c1-14(2,3)19-13(18)17-9-8-16-10-11-4-6-12(15)7-5-11/h4-7,10H,8-9H2,1-3H3,(H,17,18). The van der Waals surface area contributed by atoms with Gasteiger partial charge in [0.2, 0.25) is 0 Å². The summed E-state index contributed by atoms with van der Waals surface area (Å²) in [6.07, 6.45) is 1.32. The average molecular weight is 283 g/mol. The van der Waals surface area contributed by atoms with Gasteiger partial charge in [-0.25, -0.2) is 4.79 Å². The van der Waals surface area contributed by atoms with Crippen molar-refractivity contribution in [2.24, 2.45) is 4.99 Å². The number of halogens is 1. The molecule has 4 nitrogen and oxygen atoms in total. The quantitative estimate of drug-likeness (QED) is 0.680. The van der Waals surface area contributed by atoms with Crippen LogP contribution in [0, 0.1) is 0 Å². The molecule has 0 unspecified atom stereocenters. The monoisotopic (exact) mass is 282 g/mol. The van der Waals surface area contributed by atoms with Gasteiger partial charge < -0.3 is 10.1 Å². The summed E-state index contributed by atoms with van der Waals surface area (Å²) in [4.78, 5) is 15.5. The third-order valence-corrected chi connectivity index (χ3v) is 2.27. The van der Waals surface area contributed by atoms with Gasteiger partial charge in [0.05, 0.1) is 6.54 Å². The molecule has 0 aliphatic heterocycles. The number of carbonyl (C=O) groups is 1. The molecule has 1 rings (SSSR count). The highest BCUT2D eigenvalue weighted by Gasteiger charge is 2.15. The predicted molar refractivity (Wildman–Crippen MR) is 78.1 cm³/mol.